The Bertz CT molecular complexity index is 668. The summed E-state index contributed by atoms with van der Waals surface area (Å²) in [7, 11) is 0. The Labute approximate surface area is 127 Å². The zero-order chi connectivity index (χ0) is 15.1. The molecule has 0 aliphatic heterocycles. The summed E-state index contributed by atoms with van der Waals surface area (Å²) in [5, 5.41) is 0. The van der Waals surface area contributed by atoms with Gasteiger partial charge in [-0.15, -0.1) is 0 Å². The van der Waals surface area contributed by atoms with Crippen LogP contribution in [-0.2, 0) is 0 Å². The lowest BCUT2D eigenvalue weighted by Crippen LogP contribution is -1.88. The zero-order valence-corrected chi connectivity index (χ0v) is 12.4. The molecule has 0 saturated heterocycles. The van der Waals surface area contributed by atoms with Crippen molar-refractivity contribution in [2.45, 2.75) is 6.92 Å². The molecule has 0 heterocycles. The minimum atomic E-state index is 1.07. The first-order chi connectivity index (χ1) is 10.2. The van der Waals surface area contributed by atoms with E-state index < -0.39 is 0 Å². The highest BCUT2D eigenvalue weighted by Crippen LogP contribution is 2.26. The average Bonchev–Trinajstić information content (AvgIpc) is 2.53. The molecule has 0 unspecified atom stereocenters. The number of allylic oxidation sites excluding steroid dienone is 5. The van der Waals surface area contributed by atoms with E-state index in [2.05, 4.69) is 62.6 Å². The Hall–Kier alpha value is -2.60. The summed E-state index contributed by atoms with van der Waals surface area (Å²) in [4.78, 5) is 0. The second-order valence-electron chi connectivity index (χ2n) is 4.90. The van der Waals surface area contributed by atoms with Crippen LogP contribution in [0.5, 0.6) is 0 Å². The van der Waals surface area contributed by atoms with Crippen LogP contribution < -0.4 is 0 Å². The van der Waals surface area contributed by atoms with Gasteiger partial charge in [0.25, 0.3) is 0 Å². The van der Waals surface area contributed by atoms with Crippen LogP contribution in [-0.4, -0.2) is 0 Å². The number of hydrogen-bond acceptors (Lipinski definition) is 0. The van der Waals surface area contributed by atoms with Crippen molar-refractivity contribution in [1.29, 1.82) is 0 Å². The molecule has 104 valence electrons. The predicted octanol–water partition coefficient (Wildman–Crippen LogP) is 5.83. The first-order valence-corrected chi connectivity index (χ1v) is 7.04. The molecule has 21 heavy (non-hydrogen) atoms. The maximum atomic E-state index is 3.92. The SMILES string of the molecule is C=C/C=C(C=C)/C(=C/c1ccc(C)cc1)c1ccccc1. The Balaban J connectivity index is 2.55. The molecule has 0 atom stereocenters. The third-order valence-electron chi connectivity index (χ3n) is 3.30. The molecule has 0 bridgehead atoms. The fraction of sp³-hybridized carbons (Fsp3) is 0.0476. The summed E-state index contributed by atoms with van der Waals surface area (Å²) >= 11 is 0. The summed E-state index contributed by atoms with van der Waals surface area (Å²) in [5.74, 6) is 0. The molecule has 0 heteroatoms. The smallest absolute Gasteiger partial charge is 0.0106 e. The van der Waals surface area contributed by atoms with E-state index in [9.17, 15) is 0 Å². The average molecular weight is 272 g/mol. The van der Waals surface area contributed by atoms with Gasteiger partial charge < -0.3 is 0 Å². The first kappa shape index (κ1) is 14.8. The highest BCUT2D eigenvalue weighted by atomic mass is 14.1. The molecule has 0 fully saturated rings. The highest BCUT2D eigenvalue weighted by Gasteiger charge is 2.05. The molecule has 0 aliphatic rings. The van der Waals surface area contributed by atoms with E-state index in [-0.39, 0.29) is 0 Å². The minimum absolute atomic E-state index is 1.07. The van der Waals surface area contributed by atoms with Gasteiger partial charge in [-0.05, 0) is 35.3 Å². The van der Waals surface area contributed by atoms with Crippen molar-refractivity contribution in [3.8, 4) is 0 Å². The van der Waals surface area contributed by atoms with Crippen LogP contribution in [0, 0.1) is 6.92 Å². The molecular weight excluding hydrogens is 252 g/mol. The van der Waals surface area contributed by atoms with Crippen LogP contribution in [0.2, 0.25) is 0 Å². The van der Waals surface area contributed by atoms with Crippen LogP contribution in [0.3, 0.4) is 0 Å². The van der Waals surface area contributed by atoms with Crippen molar-refractivity contribution in [1.82, 2.24) is 0 Å². The number of rotatable bonds is 5. The van der Waals surface area contributed by atoms with Crippen LogP contribution in [0.1, 0.15) is 16.7 Å². The van der Waals surface area contributed by atoms with Gasteiger partial charge in [0.15, 0.2) is 0 Å². The van der Waals surface area contributed by atoms with E-state index in [4.69, 9.17) is 0 Å². The van der Waals surface area contributed by atoms with Gasteiger partial charge in [0, 0.05) is 0 Å². The second kappa shape index (κ2) is 7.25. The fourth-order valence-electron chi connectivity index (χ4n) is 2.18. The minimum Gasteiger partial charge on any atom is -0.0990 e. The Morgan fingerprint density at radius 3 is 2.14 bits per heavy atom. The van der Waals surface area contributed by atoms with Gasteiger partial charge >= 0.3 is 0 Å². The van der Waals surface area contributed by atoms with Crippen LogP contribution in [0.4, 0.5) is 0 Å². The normalized spacial score (nSPS) is 12.0. The predicted molar refractivity (Wildman–Crippen MR) is 94.0 cm³/mol. The van der Waals surface area contributed by atoms with Gasteiger partial charge in [0.1, 0.15) is 0 Å². The first-order valence-electron chi connectivity index (χ1n) is 7.04. The zero-order valence-electron chi connectivity index (χ0n) is 12.4. The van der Waals surface area contributed by atoms with E-state index >= 15 is 0 Å². The summed E-state index contributed by atoms with van der Waals surface area (Å²) < 4.78 is 0. The van der Waals surface area contributed by atoms with Crippen molar-refractivity contribution in [3.63, 3.8) is 0 Å². The maximum absolute atomic E-state index is 3.92. The van der Waals surface area contributed by atoms with Gasteiger partial charge in [-0.2, -0.15) is 0 Å². The number of hydrogen-bond donors (Lipinski definition) is 0. The van der Waals surface area contributed by atoms with Gasteiger partial charge in [-0.25, -0.2) is 0 Å². The van der Waals surface area contributed by atoms with Gasteiger partial charge in [-0.1, -0.05) is 91.5 Å². The van der Waals surface area contributed by atoms with Crippen molar-refractivity contribution in [2.75, 3.05) is 0 Å². The highest BCUT2D eigenvalue weighted by molar-refractivity contribution is 5.92. The maximum Gasteiger partial charge on any atom is -0.0106 e. The molecule has 2 aromatic rings. The molecule has 0 spiro atoms. The summed E-state index contributed by atoms with van der Waals surface area (Å²) in [6, 6.07) is 18.9. The van der Waals surface area contributed by atoms with Crippen LogP contribution in [0.15, 0.2) is 91.6 Å². The van der Waals surface area contributed by atoms with E-state index in [1.807, 2.05) is 30.4 Å². The topological polar surface area (TPSA) is 0 Å². The van der Waals surface area contributed by atoms with Crippen molar-refractivity contribution >= 4 is 11.6 Å². The van der Waals surface area contributed by atoms with E-state index in [0.717, 1.165) is 11.1 Å². The molecule has 0 nitrogen and oxygen atoms in total. The standard InChI is InChI=1S/C21H20/c1-4-9-19(5-2)21(20-10-7-6-8-11-20)16-18-14-12-17(3)13-15-18/h4-16H,1-2H2,3H3/b19-9+,21-16-. The van der Waals surface area contributed by atoms with E-state index in [1.165, 1.54) is 16.7 Å². The molecule has 0 N–H and O–H groups in total. The van der Waals surface area contributed by atoms with E-state index in [1.54, 1.807) is 6.08 Å². The second-order valence-corrected chi connectivity index (χ2v) is 4.90. The molecule has 0 aromatic heterocycles. The lowest BCUT2D eigenvalue weighted by atomic mass is 9.95. The molecule has 2 aromatic carbocycles. The molecule has 2 rings (SSSR count). The van der Waals surface area contributed by atoms with Crippen molar-refractivity contribution in [3.05, 3.63) is 108 Å². The number of aryl methyl sites for hydroxylation is 1. The quantitative estimate of drug-likeness (QED) is 0.474. The third-order valence-corrected chi connectivity index (χ3v) is 3.30. The lowest BCUT2D eigenvalue weighted by Gasteiger charge is -2.09. The van der Waals surface area contributed by atoms with Gasteiger partial charge in [0.2, 0.25) is 0 Å². The van der Waals surface area contributed by atoms with Gasteiger partial charge in [-0.3, -0.25) is 0 Å². The fourth-order valence-corrected chi connectivity index (χ4v) is 2.18. The largest absolute Gasteiger partial charge is 0.0990 e. The number of benzene rings is 2. The van der Waals surface area contributed by atoms with Crippen molar-refractivity contribution < 1.29 is 0 Å². The van der Waals surface area contributed by atoms with Gasteiger partial charge in [0.05, 0.1) is 0 Å². The molecule has 0 saturated carbocycles. The summed E-state index contributed by atoms with van der Waals surface area (Å²) in [5.41, 5.74) is 5.83. The molecule has 0 amide bonds. The molecule has 0 aliphatic carbocycles. The van der Waals surface area contributed by atoms with Crippen molar-refractivity contribution in [2.24, 2.45) is 0 Å². The lowest BCUT2D eigenvalue weighted by molar-refractivity contribution is 1.46. The monoisotopic (exact) mass is 272 g/mol. The van der Waals surface area contributed by atoms with E-state index in [0.29, 0.717) is 0 Å². The Kier molecular flexibility index (Phi) is 5.11. The molecule has 0 radical (unpaired) electrons. The van der Waals surface area contributed by atoms with Crippen LogP contribution >= 0.6 is 0 Å². The Morgan fingerprint density at radius 1 is 0.905 bits per heavy atom. The molecular formula is C21H20. The van der Waals surface area contributed by atoms with Crippen LogP contribution in [0.25, 0.3) is 11.6 Å². The summed E-state index contributed by atoms with van der Waals surface area (Å²) in [6.07, 6.45) is 7.84. The summed E-state index contributed by atoms with van der Waals surface area (Å²) in [6.45, 7) is 9.81. The Morgan fingerprint density at radius 2 is 1.57 bits per heavy atom. The third kappa shape index (κ3) is 3.93.